The Morgan fingerprint density at radius 1 is 1.47 bits per heavy atom. The Labute approximate surface area is 105 Å². The molecule has 0 amide bonds. The van der Waals surface area contributed by atoms with E-state index in [0.717, 1.165) is 12.4 Å². The van der Waals surface area contributed by atoms with Gasteiger partial charge >= 0.3 is 0 Å². The zero-order valence-electron chi connectivity index (χ0n) is 9.56. The van der Waals surface area contributed by atoms with Crippen LogP contribution >= 0.6 is 11.6 Å². The molecule has 0 aliphatic heterocycles. The lowest BCUT2D eigenvalue weighted by Gasteiger charge is -2.11. The normalized spacial score (nSPS) is 10.5. The third-order valence-corrected chi connectivity index (χ3v) is 2.80. The predicted octanol–water partition coefficient (Wildman–Crippen LogP) is 2.51. The first-order valence-corrected chi connectivity index (χ1v) is 5.71. The van der Waals surface area contributed by atoms with Crippen LogP contribution in [0.15, 0.2) is 30.6 Å². The van der Waals surface area contributed by atoms with Crippen molar-refractivity contribution in [2.24, 2.45) is 0 Å². The van der Waals surface area contributed by atoms with E-state index in [4.69, 9.17) is 22.1 Å². The topological polar surface area (TPSA) is 53.1 Å². The SMILES string of the molecule is Cc1nccn1CCOc1c(N)cccc1Cl. The van der Waals surface area contributed by atoms with Crippen LogP contribution in [-0.4, -0.2) is 16.2 Å². The van der Waals surface area contributed by atoms with E-state index in [1.807, 2.05) is 17.7 Å². The number of para-hydroxylation sites is 1. The Kier molecular flexibility index (Phi) is 3.54. The first-order chi connectivity index (χ1) is 8.18. The van der Waals surface area contributed by atoms with Crippen molar-refractivity contribution in [3.05, 3.63) is 41.4 Å². The minimum Gasteiger partial charge on any atom is -0.488 e. The fourth-order valence-electron chi connectivity index (χ4n) is 1.56. The highest BCUT2D eigenvalue weighted by Crippen LogP contribution is 2.30. The summed E-state index contributed by atoms with van der Waals surface area (Å²) >= 11 is 6.00. The van der Waals surface area contributed by atoms with Crippen LogP contribution in [0.2, 0.25) is 5.02 Å². The number of hydrogen-bond donors (Lipinski definition) is 1. The lowest BCUT2D eigenvalue weighted by Crippen LogP contribution is -2.09. The van der Waals surface area contributed by atoms with E-state index in [9.17, 15) is 0 Å². The Bertz CT molecular complexity index is 490. The molecular formula is C12H14ClN3O. The minimum absolute atomic E-state index is 0.505. The van der Waals surface area contributed by atoms with Gasteiger partial charge in [0.1, 0.15) is 12.4 Å². The fraction of sp³-hybridized carbons (Fsp3) is 0.250. The second kappa shape index (κ2) is 5.10. The zero-order chi connectivity index (χ0) is 12.3. The van der Waals surface area contributed by atoms with Gasteiger partial charge in [-0.2, -0.15) is 0 Å². The average molecular weight is 252 g/mol. The Balaban J connectivity index is 1.97. The number of benzene rings is 1. The molecule has 0 saturated heterocycles. The van der Waals surface area contributed by atoms with E-state index in [0.29, 0.717) is 23.1 Å². The first kappa shape index (κ1) is 11.8. The average Bonchev–Trinajstić information content (AvgIpc) is 2.69. The van der Waals surface area contributed by atoms with Gasteiger partial charge in [-0.1, -0.05) is 17.7 Å². The molecule has 2 aromatic rings. The highest BCUT2D eigenvalue weighted by Gasteiger charge is 2.05. The van der Waals surface area contributed by atoms with Gasteiger partial charge < -0.3 is 15.0 Å². The molecule has 90 valence electrons. The standard InChI is InChI=1S/C12H14ClN3O/c1-9-15-5-6-16(9)7-8-17-12-10(13)3-2-4-11(12)14/h2-6H,7-8,14H2,1H3. The summed E-state index contributed by atoms with van der Waals surface area (Å²) in [5.74, 6) is 1.51. The van der Waals surface area contributed by atoms with Crippen molar-refractivity contribution in [3.8, 4) is 5.75 Å². The van der Waals surface area contributed by atoms with Crippen molar-refractivity contribution >= 4 is 17.3 Å². The maximum absolute atomic E-state index is 6.00. The van der Waals surface area contributed by atoms with Crippen molar-refractivity contribution in [3.63, 3.8) is 0 Å². The summed E-state index contributed by atoms with van der Waals surface area (Å²) in [6.45, 7) is 3.17. The summed E-state index contributed by atoms with van der Waals surface area (Å²) < 4.78 is 7.60. The van der Waals surface area contributed by atoms with Gasteiger partial charge in [-0.15, -0.1) is 0 Å². The number of nitrogens with two attached hydrogens (primary N) is 1. The van der Waals surface area contributed by atoms with Crippen LogP contribution in [0.4, 0.5) is 5.69 Å². The Morgan fingerprint density at radius 2 is 2.29 bits per heavy atom. The predicted molar refractivity (Wildman–Crippen MR) is 68.3 cm³/mol. The number of hydrogen-bond acceptors (Lipinski definition) is 3. The lowest BCUT2D eigenvalue weighted by molar-refractivity contribution is 0.298. The minimum atomic E-state index is 0.505. The summed E-state index contributed by atoms with van der Waals surface area (Å²) in [5, 5.41) is 0.535. The number of aromatic nitrogens is 2. The fourth-order valence-corrected chi connectivity index (χ4v) is 1.80. The van der Waals surface area contributed by atoms with Crippen molar-refractivity contribution in [1.82, 2.24) is 9.55 Å². The van der Waals surface area contributed by atoms with Gasteiger partial charge in [0.05, 0.1) is 17.3 Å². The molecule has 1 aromatic carbocycles. The molecule has 2 rings (SSSR count). The number of rotatable bonds is 4. The van der Waals surface area contributed by atoms with E-state index in [1.165, 1.54) is 0 Å². The quantitative estimate of drug-likeness (QED) is 0.850. The number of aryl methyl sites for hydroxylation is 1. The van der Waals surface area contributed by atoms with Crippen molar-refractivity contribution < 1.29 is 4.74 Å². The molecule has 1 aromatic heterocycles. The van der Waals surface area contributed by atoms with Crippen LogP contribution in [0.3, 0.4) is 0 Å². The molecule has 0 aliphatic carbocycles. The summed E-state index contributed by atoms with van der Waals surface area (Å²) in [5.41, 5.74) is 6.34. The molecule has 0 bridgehead atoms. The van der Waals surface area contributed by atoms with Gasteiger partial charge in [0, 0.05) is 12.4 Å². The highest BCUT2D eigenvalue weighted by molar-refractivity contribution is 6.32. The largest absolute Gasteiger partial charge is 0.488 e. The van der Waals surface area contributed by atoms with Crippen LogP contribution in [0.25, 0.3) is 0 Å². The molecule has 1 heterocycles. The van der Waals surface area contributed by atoms with Gasteiger partial charge in [-0.05, 0) is 19.1 Å². The van der Waals surface area contributed by atoms with Crippen LogP contribution < -0.4 is 10.5 Å². The van der Waals surface area contributed by atoms with E-state index in [1.54, 1.807) is 24.4 Å². The van der Waals surface area contributed by atoms with Crippen LogP contribution in [0, 0.1) is 6.92 Å². The molecule has 0 saturated carbocycles. The summed E-state index contributed by atoms with van der Waals surface area (Å²) in [6.07, 6.45) is 3.67. The van der Waals surface area contributed by atoms with Crippen molar-refractivity contribution in [1.29, 1.82) is 0 Å². The maximum Gasteiger partial charge on any atom is 0.160 e. The number of nitrogen functional groups attached to an aromatic ring is 1. The van der Waals surface area contributed by atoms with Crippen molar-refractivity contribution in [2.75, 3.05) is 12.3 Å². The number of ether oxygens (including phenoxy) is 1. The second-order valence-electron chi connectivity index (χ2n) is 3.67. The molecule has 5 heteroatoms. The van der Waals surface area contributed by atoms with Crippen LogP contribution in [0.5, 0.6) is 5.75 Å². The van der Waals surface area contributed by atoms with Gasteiger partial charge in [-0.25, -0.2) is 4.98 Å². The number of halogens is 1. The Morgan fingerprint density at radius 3 is 2.94 bits per heavy atom. The summed E-state index contributed by atoms with van der Waals surface area (Å²) in [4.78, 5) is 4.13. The second-order valence-corrected chi connectivity index (χ2v) is 4.08. The van der Waals surface area contributed by atoms with Crippen LogP contribution in [0.1, 0.15) is 5.82 Å². The molecule has 0 fully saturated rings. The van der Waals surface area contributed by atoms with E-state index in [2.05, 4.69) is 4.98 Å². The molecule has 17 heavy (non-hydrogen) atoms. The maximum atomic E-state index is 6.00. The van der Waals surface area contributed by atoms with Crippen molar-refractivity contribution in [2.45, 2.75) is 13.5 Å². The third-order valence-electron chi connectivity index (χ3n) is 2.50. The van der Waals surface area contributed by atoms with E-state index >= 15 is 0 Å². The zero-order valence-corrected chi connectivity index (χ0v) is 10.3. The monoisotopic (exact) mass is 251 g/mol. The summed E-state index contributed by atoms with van der Waals surface area (Å²) in [7, 11) is 0. The molecule has 4 nitrogen and oxygen atoms in total. The Hall–Kier alpha value is -1.68. The smallest absolute Gasteiger partial charge is 0.160 e. The first-order valence-electron chi connectivity index (χ1n) is 5.33. The molecule has 0 aliphatic rings. The third kappa shape index (κ3) is 2.71. The molecule has 0 unspecified atom stereocenters. The number of imidazole rings is 1. The molecule has 0 spiro atoms. The molecular weight excluding hydrogens is 238 g/mol. The molecule has 0 atom stereocenters. The van der Waals surface area contributed by atoms with E-state index in [-0.39, 0.29) is 0 Å². The summed E-state index contributed by atoms with van der Waals surface area (Å²) in [6, 6.07) is 5.32. The van der Waals surface area contributed by atoms with Gasteiger partial charge in [0.25, 0.3) is 0 Å². The number of anilines is 1. The highest BCUT2D eigenvalue weighted by atomic mass is 35.5. The van der Waals surface area contributed by atoms with Gasteiger partial charge in [-0.3, -0.25) is 0 Å². The van der Waals surface area contributed by atoms with Crippen LogP contribution in [-0.2, 0) is 6.54 Å². The van der Waals surface area contributed by atoms with Gasteiger partial charge in [0.2, 0.25) is 0 Å². The van der Waals surface area contributed by atoms with Gasteiger partial charge in [0.15, 0.2) is 5.75 Å². The molecule has 0 radical (unpaired) electrons. The lowest BCUT2D eigenvalue weighted by atomic mass is 10.3. The molecule has 2 N–H and O–H groups in total. The van der Waals surface area contributed by atoms with E-state index < -0.39 is 0 Å². The number of nitrogens with zero attached hydrogens (tertiary/aromatic N) is 2.